The number of hydrogen-bond acceptors (Lipinski definition) is 4. The fourth-order valence-corrected chi connectivity index (χ4v) is 4.11. The molecule has 1 aliphatic rings. The second-order valence-corrected chi connectivity index (χ2v) is 7.88. The zero-order valence-electron chi connectivity index (χ0n) is 17.8. The zero-order valence-corrected chi connectivity index (χ0v) is 18.6. The van der Waals surface area contributed by atoms with Gasteiger partial charge in [-0.1, -0.05) is 0 Å². The molecular weight excluding hydrogens is 409 g/mol. The van der Waals surface area contributed by atoms with Crippen molar-refractivity contribution in [3.8, 4) is 0 Å². The Bertz CT molecular complexity index is 926. The molecule has 1 aromatic heterocycles. The van der Waals surface area contributed by atoms with Gasteiger partial charge in [-0.2, -0.15) is 0 Å². The number of nitrogens with one attached hydrogen (secondary N) is 1. The first-order valence-electron chi connectivity index (χ1n) is 10.3. The molecule has 3 rings (SSSR count). The molecule has 1 saturated heterocycles. The van der Waals surface area contributed by atoms with Crippen LogP contribution in [0.1, 0.15) is 43.5 Å². The number of carbonyl (C=O) groups excluding carboxylic acids is 1. The molecule has 0 unspecified atom stereocenters. The van der Waals surface area contributed by atoms with Gasteiger partial charge in [0.25, 0.3) is 5.91 Å². The number of ether oxygens (including phenoxy) is 1. The molecule has 166 valence electrons. The summed E-state index contributed by atoms with van der Waals surface area (Å²) in [5.74, 6) is -0.668. The van der Waals surface area contributed by atoms with Crippen molar-refractivity contribution in [2.75, 3.05) is 26.8 Å². The fraction of sp³-hybridized carbons (Fsp3) is 0.545. The van der Waals surface area contributed by atoms with Crippen molar-refractivity contribution in [3.63, 3.8) is 0 Å². The Morgan fingerprint density at radius 3 is 2.80 bits per heavy atom. The molecule has 1 fully saturated rings. The lowest BCUT2D eigenvalue weighted by molar-refractivity contribution is 0.0571. The van der Waals surface area contributed by atoms with E-state index in [0.717, 1.165) is 25.9 Å². The van der Waals surface area contributed by atoms with E-state index in [-0.39, 0.29) is 41.4 Å². The lowest BCUT2D eigenvalue weighted by Crippen LogP contribution is -2.52. The average Bonchev–Trinajstić information content (AvgIpc) is 2.70. The molecule has 8 heteroatoms. The molecule has 1 amide bonds. The number of aromatic nitrogens is 1. The third-order valence-electron chi connectivity index (χ3n) is 5.48. The number of aryl methyl sites for hydroxylation is 1. The van der Waals surface area contributed by atoms with Gasteiger partial charge in [-0.15, -0.1) is 12.4 Å². The van der Waals surface area contributed by atoms with E-state index in [2.05, 4.69) is 5.32 Å². The molecule has 1 atom stereocenters. The highest BCUT2D eigenvalue weighted by Gasteiger charge is 2.30. The number of carbonyl (C=O) groups is 1. The van der Waals surface area contributed by atoms with Crippen molar-refractivity contribution in [3.05, 3.63) is 46.0 Å². The topological polar surface area (TPSA) is 63.6 Å². The highest BCUT2D eigenvalue weighted by molar-refractivity contribution is 5.97. The minimum atomic E-state index is -0.409. The maximum absolute atomic E-state index is 13.9. The number of nitrogens with zero attached hydrogens (tertiary/aromatic N) is 2. The zero-order chi connectivity index (χ0) is 21.0. The van der Waals surface area contributed by atoms with Crippen LogP contribution in [-0.2, 0) is 11.3 Å². The Morgan fingerprint density at radius 2 is 2.17 bits per heavy atom. The van der Waals surface area contributed by atoms with Crippen molar-refractivity contribution in [1.29, 1.82) is 0 Å². The number of pyridine rings is 1. The van der Waals surface area contributed by atoms with Gasteiger partial charge in [0.05, 0.1) is 5.52 Å². The Kier molecular flexibility index (Phi) is 8.82. The van der Waals surface area contributed by atoms with E-state index in [0.29, 0.717) is 30.5 Å². The van der Waals surface area contributed by atoms with Crippen molar-refractivity contribution >= 4 is 29.2 Å². The third-order valence-corrected chi connectivity index (χ3v) is 5.48. The predicted octanol–water partition coefficient (Wildman–Crippen LogP) is 3.20. The molecule has 6 nitrogen and oxygen atoms in total. The number of amides is 1. The summed E-state index contributed by atoms with van der Waals surface area (Å²) >= 11 is 0. The van der Waals surface area contributed by atoms with Gasteiger partial charge >= 0.3 is 0 Å². The van der Waals surface area contributed by atoms with Gasteiger partial charge in [0.2, 0.25) is 5.43 Å². The SMILES string of the molecule is COCCCn1cc(C(=O)N(C(C)C)[C@@H]2CCCNC2)c(=O)c2ccc(F)cc21.Cl. The lowest BCUT2D eigenvalue weighted by atomic mass is 10.0. The third kappa shape index (κ3) is 5.20. The van der Waals surface area contributed by atoms with Gasteiger partial charge in [0.1, 0.15) is 11.4 Å². The molecule has 2 aromatic rings. The summed E-state index contributed by atoms with van der Waals surface area (Å²) in [7, 11) is 1.62. The van der Waals surface area contributed by atoms with Crippen LogP contribution in [0.15, 0.2) is 29.2 Å². The number of methoxy groups -OCH3 is 1. The van der Waals surface area contributed by atoms with Gasteiger partial charge in [-0.25, -0.2) is 4.39 Å². The number of fused-ring (bicyclic) bond motifs is 1. The number of rotatable bonds is 7. The van der Waals surface area contributed by atoms with E-state index in [9.17, 15) is 14.0 Å². The molecule has 1 aromatic carbocycles. The number of hydrogen-bond donors (Lipinski definition) is 1. The molecule has 0 spiro atoms. The first-order valence-corrected chi connectivity index (χ1v) is 10.3. The van der Waals surface area contributed by atoms with Crippen LogP contribution in [0.2, 0.25) is 0 Å². The number of benzene rings is 1. The average molecular weight is 440 g/mol. The molecule has 30 heavy (non-hydrogen) atoms. The van der Waals surface area contributed by atoms with E-state index in [1.165, 1.54) is 18.2 Å². The Labute approximate surface area is 182 Å². The van der Waals surface area contributed by atoms with E-state index in [1.54, 1.807) is 17.9 Å². The van der Waals surface area contributed by atoms with E-state index in [4.69, 9.17) is 4.74 Å². The van der Waals surface area contributed by atoms with Crippen molar-refractivity contribution < 1.29 is 13.9 Å². The molecule has 1 aliphatic heterocycles. The first-order chi connectivity index (χ1) is 13.9. The molecule has 0 saturated carbocycles. The second kappa shape index (κ2) is 10.9. The minimum Gasteiger partial charge on any atom is -0.385 e. The lowest BCUT2D eigenvalue weighted by Gasteiger charge is -2.37. The maximum atomic E-state index is 13.9. The monoisotopic (exact) mass is 439 g/mol. The summed E-state index contributed by atoms with van der Waals surface area (Å²) in [6.07, 6.45) is 4.20. The van der Waals surface area contributed by atoms with E-state index >= 15 is 0 Å². The Balaban J connectivity index is 0.00000320. The molecule has 0 aliphatic carbocycles. The van der Waals surface area contributed by atoms with Crippen LogP contribution in [0, 0.1) is 5.82 Å². The quantitative estimate of drug-likeness (QED) is 0.673. The molecule has 0 radical (unpaired) electrons. The number of piperidine rings is 1. The predicted molar refractivity (Wildman–Crippen MR) is 119 cm³/mol. The van der Waals surface area contributed by atoms with Crippen LogP contribution in [0.3, 0.4) is 0 Å². The summed E-state index contributed by atoms with van der Waals surface area (Å²) in [6, 6.07) is 4.11. The van der Waals surface area contributed by atoms with Crippen LogP contribution in [0.5, 0.6) is 0 Å². The normalized spacial score (nSPS) is 16.5. The van der Waals surface area contributed by atoms with Crippen molar-refractivity contribution in [2.24, 2.45) is 0 Å². The molecule has 2 heterocycles. The highest BCUT2D eigenvalue weighted by Crippen LogP contribution is 2.19. The van der Waals surface area contributed by atoms with E-state index in [1.807, 2.05) is 18.7 Å². The molecule has 0 bridgehead atoms. The van der Waals surface area contributed by atoms with Gasteiger partial charge in [-0.3, -0.25) is 9.59 Å². The largest absolute Gasteiger partial charge is 0.385 e. The van der Waals surface area contributed by atoms with Gasteiger partial charge < -0.3 is 19.5 Å². The second-order valence-electron chi connectivity index (χ2n) is 7.88. The summed E-state index contributed by atoms with van der Waals surface area (Å²) in [5, 5.41) is 3.70. The Hall–Kier alpha value is -1.96. The summed E-state index contributed by atoms with van der Waals surface area (Å²) in [5.41, 5.74) is 0.293. The standard InChI is InChI=1S/C22H30FN3O3.ClH/c1-15(2)26(17-6-4-9-24-13-17)22(28)19-14-25(10-5-11-29-3)20-12-16(23)7-8-18(20)21(19)27;/h7-8,12,14-15,17,24H,4-6,9-11,13H2,1-3H3;1H/t17-;/m1./s1. The fourth-order valence-electron chi connectivity index (χ4n) is 4.11. The van der Waals surface area contributed by atoms with Gasteiger partial charge in [0.15, 0.2) is 0 Å². The number of halogens is 2. The first kappa shape index (κ1) is 24.3. The highest BCUT2D eigenvalue weighted by atomic mass is 35.5. The van der Waals surface area contributed by atoms with Gasteiger partial charge in [0, 0.05) is 50.5 Å². The van der Waals surface area contributed by atoms with E-state index < -0.39 is 5.82 Å². The van der Waals surface area contributed by atoms with Crippen LogP contribution in [-0.4, -0.2) is 54.3 Å². The van der Waals surface area contributed by atoms with Crippen molar-refractivity contribution in [2.45, 2.75) is 51.7 Å². The summed E-state index contributed by atoms with van der Waals surface area (Å²) < 4.78 is 20.8. The maximum Gasteiger partial charge on any atom is 0.259 e. The Morgan fingerprint density at radius 1 is 1.40 bits per heavy atom. The molecule has 1 N–H and O–H groups in total. The van der Waals surface area contributed by atoms with Crippen molar-refractivity contribution in [1.82, 2.24) is 14.8 Å². The minimum absolute atomic E-state index is 0. The summed E-state index contributed by atoms with van der Waals surface area (Å²) in [4.78, 5) is 28.5. The van der Waals surface area contributed by atoms with Crippen LogP contribution < -0.4 is 10.7 Å². The van der Waals surface area contributed by atoms with Crippen LogP contribution in [0.4, 0.5) is 4.39 Å². The van der Waals surface area contributed by atoms with Gasteiger partial charge in [-0.05, 0) is 57.9 Å². The van der Waals surface area contributed by atoms with Crippen LogP contribution >= 0.6 is 12.4 Å². The van der Waals surface area contributed by atoms with Crippen LogP contribution in [0.25, 0.3) is 10.9 Å². The molecular formula is C22H31ClFN3O3. The smallest absolute Gasteiger partial charge is 0.259 e. The summed E-state index contributed by atoms with van der Waals surface area (Å²) in [6.45, 7) is 6.69.